The van der Waals surface area contributed by atoms with Crippen LogP contribution in [-0.4, -0.2) is 34.2 Å². The van der Waals surface area contributed by atoms with Gasteiger partial charge in [0.05, 0.1) is 5.75 Å². The first kappa shape index (κ1) is 19.5. The van der Waals surface area contributed by atoms with E-state index in [-0.39, 0.29) is 5.75 Å². The third-order valence-electron chi connectivity index (χ3n) is 3.74. The number of benzene rings is 1. The van der Waals surface area contributed by atoms with Gasteiger partial charge in [-0.2, -0.15) is 0 Å². The molecule has 1 unspecified atom stereocenters. The number of sulfone groups is 1. The van der Waals surface area contributed by atoms with Gasteiger partial charge in [0.25, 0.3) is 0 Å². The molecule has 1 atom stereocenters. The molecule has 2 N–H and O–H groups in total. The molecule has 25 heavy (non-hydrogen) atoms. The normalized spacial score (nSPS) is 13.5. The smallest absolute Gasteiger partial charge is 0.191 e. The molecule has 5 nitrogen and oxygen atoms in total. The summed E-state index contributed by atoms with van der Waals surface area (Å²) >= 11 is 1.76. The van der Waals surface area contributed by atoms with Crippen LogP contribution >= 0.6 is 11.3 Å². The molecule has 0 bridgehead atoms. The van der Waals surface area contributed by atoms with Gasteiger partial charge in [-0.05, 0) is 22.6 Å². The Labute approximate surface area is 154 Å². The lowest BCUT2D eigenvalue weighted by molar-refractivity contribution is 0.601. The summed E-state index contributed by atoms with van der Waals surface area (Å²) in [5.41, 5.74) is 1.88. The molecule has 0 saturated heterocycles. The topological polar surface area (TPSA) is 70.6 Å². The largest absolute Gasteiger partial charge is 0.356 e. The average molecular weight is 380 g/mol. The Bertz CT molecular complexity index is 782. The second kappa shape index (κ2) is 9.01. The first-order valence-electron chi connectivity index (χ1n) is 8.11. The van der Waals surface area contributed by atoms with Crippen molar-refractivity contribution < 1.29 is 8.42 Å². The van der Waals surface area contributed by atoms with Crippen LogP contribution < -0.4 is 10.6 Å². The van der Waals surface area contributed by atoms with Gasteiger partial charge >= 0.3 is 0 Å². The molecular weight excluding hydrogens is 354 g/mol. The molecule has 1 heterocycles. The third kappa shape index (κ3) is 6.88. The molecule has 0 aliphatic heterocycles. The Balaban J connectivity index is 1.82. The lowest BCUT2D eigenvalue weighted by Gasteiger charge is -2.15. The number of aliphatic imine (C=N–C) groups is 1. The zero-order valence-corrected chi connectivity index (χ0v) is 16.5. The van der Waals surface area contributed by atoms with Crippen molar-refractivity contribution in [1.29, 1.82) is 0 Å². The SMILES string of the molecule is CN=C(NCc1ccc(CS(C)(=O)=O)cc1)NCC(C)c1cccs1. The number of hydrogen-bond acceptors (Lipinski definition) is 4. The zero-order chi connectivity index (χ0) is 18.3. The highest BCUT2D eigenvalue weighted by Crippen LogP contribution is 2.19. The molecule has 7 heteroatoms. The van der Waals surface area contributed by atoms with E-state index in [1.165, 1.54) is 11.1 Å². The molecule has 0 fully saturated rings. The second-order valence-corrected chi connectivity index (χ2v) is 9.23. The van der Waals surface area contributed by atoms with Gasteiger partial charge in [-0.3, -0.25) is 4.99 Å². The van der Waals surface area contributed by atoms with Crippen molar-refractivity contribution in [3.63, 3.8) is 0 Å². The molecule has 0 spiro atoms. The van der Waals surface area contributed by atoms with E-state index < -0.39 is 9.84 Å². The van der Waals surface area contributed by atoms with E-state index >= 15 is 0 Å². The highest BCUT2D eigenvalue weighted by Gasteiger charge is 2.08. The fourth-order valence-electron chi connectivity index (χ4n) is 2.38. The Hall–Kier alpha value is -1.86. The minimum absolute atomic E-state index is 0.0739. The second-order valence-electron chi connectivity index (χ2n) is 6.11. The summed E-state index contributed by atoms with van der Waals surface area (Å²) in [6.07, 6.45) is 1.25. The maximum absolute atomic E-state index is 11.3. The number of thiophene rings is 1. The van der Waals surface area contributed by atoms with E-state index in [4.69, 9.17) is 0 Å². The van der Waals surface area contributed by atoms with Crippen LogP contribution in [0.3, 0.4) is 0 Å². The average Bonchev–Trinajstić information content (AvgIpc) is 3.09. The monoisotopic (exact) mass is 379 g/mol. The Kier molecular flexibility index (Phi) is 7.01. The van der Waals surface area contributed by atoms with Crippen LogP contribution in [0.4, 0.5) is 0 Å². The van der Waals surface area contributed by atoms with Crippen molar-refractivity contribution in [2.24, 2.45) is 4.99 Å². The van der Waals surface area contributed by atoms with Crippen molar-refractivity contribution in [2.75, 3.05) is 19.8 Å². The Morgan fingerprint density at radius 2 is 1.84 bits per heavy atom. The van der Waals surface area contributed by atoms with Gasteiger partial charge in [0.15, 0.2) is 15.8 Å². The minimum atomic E-state index is -3.00. The van der Waals surface area contributed by atoms with E-state index in [1.54, 1.807) is 18.4 Å². The molecular formula is C18H25N3O2S2. The molecule has 136 valence electrons. The van der Waals surface area contributed by atoms with Crippen LogP contribution in [-0.2, 0) is 22.1 Å². The Morgan fingerprint density at radius 1 is 1.16 bits per heavy atom. The fraction of sp³-hybridized carbons (Fsp3) is 0.389. The fourth-order valence-corrected chi connectivity index (χ4v) is 3.97. The van der Waals surface area contributed by atoms with Crippen LogP contribution in [0, 0.1) is 0 Å². The first-order valence-corrected chi connectivity index (χ1v) is 11.0. The molecule has 0 radical (unpaired) electrons. The van der Waals surface area contributed by atoms with E-state index in [9.17, 15) is 8.42 Å². The van der Waals surface area contributed by atoms with Crippen molar-refractivity contribution >= 4 is 27.1 Å². The number of rotatable bonds is 7. The summed E-state index contributed by atoms with van der Waals surface area (Å²) in [6, 6.07) is 11.8. The van der Waals surface area contributed by atoms with Crippen LogP contribution in [0.25, 0.3) is 0 Å². The Morgan fingerprint density at radius 3 is 2.40 bits per heavy atom. The number of hydrogen-bond donors (Lipinski definition) is 2. The van der Waals surface area contributed by atoms with Gasteiger partial charge in [-0.1, -0.05) is 37.3 Å². The number of nitrogens with one attached hydrogen (secondary N) is 2. The summed E-state index contributed by atoms with van der Waals surface area (Å²) in [6.45, 7) is 3.63. The van der Waals surface area contributed by atoms with Crippen LogP contribution in [0.2, 0.25) is 0 Å². The minimum Gasteiger partial charge on any atom is -0.356 e. The van der Waals surface area contributed by atoms with Gasteiger partial charge in [0, 0.05) is 37.2 Å². The van der Waals surface area contributed by atoms with Gasteiger partial charge in [0.1, 0.15) is 0 Å². The van der Waals surface area contributed by atoms with E-state index in [1.807, 2.05) is 24.3 Å². The molecule has 1 aromatic carbocycles. The zero-order valence-electron chi connectivity index (χ0n) is 14.8. The van der Waals surface area contributed by atoms with Crippen LogP contribution in [0.5, 0.6) is 0 Å². The predicted octanol–water partition coefficient (Wildman–Crippen LogP) is 2.76. The van der Waals surface area contributed by atoms with Crippen LogP contribution in [0.1, 0.15) is 28.8 Å². The first-order chi connectivity index (χ1) is 11.9. The summed E-state index contributed by atoms with van der Waals surface area (Å²) in [5.74, 6) is 1.25. The van der Waals surface area contributed by atoms with Gasteiger partial charge in [-0.25, -0.2) is 8.42 Å². The maximum atomic E-state index is 11.3. The van der Waals surface area contributed by atoms with Crippen molar-refractivity contribution in [3.05, 3.63) is 57.8 Å². The predicted molar refractivity (Wildman–Crippen MR) is 106 cm³/mol. The van der Waals surface area contributed by atoms with E-state index in [0.29, 0.717) is 12.5 Å². The molecule has 1 aromatic heterocycles. The molecule has 0 amide bonds. The molecule has 2 aromatic rings. The van der Waals surface area contributed by atoms with Gasteiger partial charge in [0.2, 0.25) is 0 Å². The summed E-state index contributed by atoms with van der Waals surface area (Å²) < 4.78 is 22.6. The third-order valence-corrected chi connectivity index (χ3v) is 5.70. The van der Waals surface area contributed by atoms with E-state index in [0.717, 1.165) is 23.6 Å². The lowest BCUT2D eigenvalue weighted by atomic mass is 10.1. The number of guanidine groups is 1. The quantitative estimate of drug-likeness (QED) is 0.573. The summed E-state index contributed by atoms with van der Waals surface area (Å²) in [4.78, 5) is 5.59. The maximum Gasteiger partial charge on any atom is 0.191 e. The number of nitrogens with zero attached hydrogens (tertiary/aromatic N) is 1. The molecule has 0 saturated carbocycles. The van der Waals surface area contributed by atoms with Gasteiger partial charge < -0.3 is 10.6 Å². The van der Waals surface area contributed by atoms with Gasteiger partial charge in [-0.15, -0.1) is 11.3 Å². The van der Waals surface area contributed by atoms with Crippen LogP contribution in [0.15, 0.2) is 46.8 Å². The molecule has 0 aliphatic rings. The van der Waals surface area contributed by atoms with Crippen molar-refractivity contribution in [1.82, 2.24) is 10.6 Å². The highest BCUT2D eigenvalue weighted by atomic mass is 32.2. The van der Waals surface area contributed by atoms with Crippen molar-refractivity contribution in [3.8, 4) is 0 Å². The van der Waals surface area contributed by atoms with E-state index in [2.05, 4.69) is 40.1 Å². The standard InChI is InChI=1S/C18H25N3O2S2/c1-14(17-5-4-10-24-17)11-20-18(19-2)21-12-15-6-8-16(9-7-15)13-25(3,22)23/h4-10,14H,11-13H2,1-3H3,(H2,19,20,21). The molecule has 0 aliphatic carbocycles. The summed E-state index contributed by atoms with van der Waals surface area (Å²) in [5, 5.41) is 8.70. The summed E-state index contributed by atoms with van der Waals surface area (Å²) in [7, 11) is -1.25. The highest BCUT2D eigenvalue weighted by molar-refractivity contribution is 7.89. The van der Waals surface area contributed by atoms with Crippen molar-refractivity contribution in [2.45, 2.75) is 25.1 Å². The lowest BCUT2D eigenvalue weighted by Crippen LogP contribution is -2.38. The molecule has 2 rings (SSSR count).